The number of benzene rings is 1. The fraction of sp³-hybridized carbons (Fsp3) is 0.500. The van der Waals surface area contributed by atoms with E-state index in [-0.39, 0.29) is 17.6 Å². The van der Waals surface area contributed by atoms with Crippen LogP contribution in [0, 0.1) is 23.0 Å². The Morgan fingerprint density at radius 2 is 2.25 bits per heavy atom. The van der Waals surface area contributed by atoms with Gasteiger partial charge in [-0.15, -0.1) is 0 Å². The van der Waals surface area contributed by atoms with Crippen molar-refractivity contribution in [2.75, 3.05) is 13.1 Å². The summed E-state index contributed by atoms with van der Waals surface area (Å²) in [7, 11) is 0. The zero-order valence-electron chi connectivity index (χ0n) is 11.7. The molecule has 1 aromatic rings. The highest BCUT2D eigenvalue weighted by atomic mass is 16.6. The second-order valence-electron chi connectivity index (χ2n) is 5.26. The second kappa shape index (κ2) is 6.00. The van der Waals surface area contributed by atoms with E-state index in [0.29, 0.717) is 17.0 Å². The minimum Gasteiger partial charge on any atom is -0.349 e. The molecule has 0 radical (unpaired) electrons. The molecule has 0 spiro atoms. The minimum atomic E-state index is -0.459. The Morgan fingerprint density at radius 1 is 1.50 bits per heavy atom. The monoisotopic (exact) mass is 277 g/mol. The third-order valence-electron chi connectivity index (χ3n) is 3.85. The van der Waals surface area contributed by atoms with Gasteiger partial charge in [0, 0.05) is 23.2 Å². The fourth-order valence-corrected chi connectivity index (χ4v) is 2.54. The standard InChI is InChI=1S/C14H19N3O3/c1-9-8-15-7-6-12(9)16-14(18)11-4-3-5-13(10(11)2)17(19)20/h3-5,9,12,15H,6-8H2,1-2H3,(H,16,18). The van der Waals surface area contributed by atoms with Gasteiger partial charge in [-0.3, -0.25) is 14.9 Å². The van der Waals surface area contributed by atoms with Crippen LogP contribution < -0.4 is 10.6 Å². The topological polar surface area (TPSA) is 84.3 Å². The number of nitro benzene ring substituents is 1. The Bertz CT molecular complexity index is 530. The van der Waals surface area contributed by atoms with Crippen molar-refractivity contribution in [2.24, 2.45) is 5.92 Å². The summed E-state index contributed by atoms with van der Waals surface area (Å²) in [5.74, 6) is 0.122. The highest BCUT2D eigenvalue weighted by molar-refractivity contribution is 5.96. The molecular formula is C14H19N3O3. The molecule has 108 valence electrons. The predicted octanol–water partition coefficient (Wildman–Crippen LogP) is 1.63. The van der Waals surface area contributed by atoms with Crippen LogP contribution in [0.1, 0.15) is 29.3 Å². The van der Waals surface area contributed by atoms with Crippen LogP contribution in [-0.2, 0) is 0 Å². The van der Waals surface area contributed by atoms with Crippen LogP contribution in [0.15, 0.2) is 18.2 Å². The highest BCUT2D eigenvalue weighted by Crippen LogP contribution is 2.21. The van der Waals surface area contributed by atoms with Crippen LogP contribution in [0.5, 0.6) is 0 Å². The van der Waals surface area contributed by atoms with E-state index < -0.39 is 4.92 Å². The summed E-state index contributed by atoms with van der Waals surface area (Å²) in [5, 5.41) is 17.2. The van der Waals surface area contributed by atoms with Gasteiger partial charge in [-0.25, -0.2) is 0 Å². The maximum absolute atomic E-state index is 12.3. The van der Waals surface area contributed by atoms with Crippen LogP contribution >= 0.6 is 0 Å². The SMILES string of the molecule is Cc1c(C(=O)NC2CCNCC2C)cccc1[N+](=O)[O-]. The minimum absolute atomic E-state index is 0.0176. The van der Waals surface area contributed by atoms with Crippen molar-refractivity contribution in [1.29, 1.82) is 0 Å². The maximum atomic E-state index is 12.3. The first-order valence-corrected chi connectivity index (χ1v) is 6.76. The lowest BCUT2D eigenvalue weighted by molar-refractivity contribution is -0.385. The zero-order valence-corrected chi connectivity index (χ0v) is 11.7. The number of nitrogens with one attached hydrogen (secondary N) is 2. The fourth-order valence-electron chi connectivity index (χ4n) is 2.54. The molecule has 1 amide bonds. The number of carbonyl (C=O) groups is 1. The van der Waals surface area contributed by atoms with Crippen LogP contribution in [0.25, 0.3) is 0 Å². The molecule has 1 aliphatic heterocycles. The van der Waals surface area contributed by atoms with Crippen molar-refractivity contribution in [3.8, 4) is 0 Å². The van der Waals surface area contributed by atoms with Gasteiger partial charge in [-0.2, -0.15) is 0 Å². The van der Waals surface area contributed by atoms with E-state index in [1.165, 1.54) is 6.07 Å². The van der Waals surface area contributed by atoms with Crippen LogP contribution in [0.4, 0.5) is 5.69 Å². The van der Waals surface area contributed by atoms with Crippen molar-refractivity contribution in [3.63, 3.8) is 0 Å². The molecule has 2 atom stereocenters. The van der Waals surface area contributed by atoms with Gasteiger partial charge >= 0.3 is 0 Å². The number of nitrogens with zero attached hydrogens (tertiary/aromatic N) is 1. The Balaban J connectivity index is 2.17. The van der Waals surface area contributed by atoms with Crippen LogP contribution in [0.3, 0.4) is 0 Å². The van der Waals surface area contributed by atoms with Crippen LogP contribution in [0.2, 0.25) is 0 Å². The number of piperidine rings is 1. The van der Waals surface area contributed by atoms with Crippen molar-refractivity contribution >= 4 is 11.6 Å². The van der Waals surface area contributed by atoms with E-state index in [1.54, 1.807) is 19.1 Å². The summed E-state index contributed by atoms with van der Waals surface area (Å²) in [6.07, 6.45) is 0.876. The molecule has 6 nitrogen and oxygen atoms in total. The first-order chi connectivity index (χ1) is 9.50. The predicted molar refractivity (Wildman–Crippen MR) is 75.7 cm³/mol. The summed E-state index contributed by atoms with van der Waals surface area (Å²) in [6, 6.07) is 4.71. The number of nitro groups is 1. The summed E-state index contributed by atoms with van der Waals surface area (Å²) in [5.41, 5.74) is 0.775. The maximum Gasteiger partial charge on any atom is 0.273 e. The highest BCUT2D eigenvalue weighted by Gasteiger charge is 2.25. The number of amides is 1. The molecule has 0 saturated carbocycles. The molecule has 2 rings (SSSR count). The van der Waals surface area contributed by atoms with Gasteiger partial charge in [0.15, 0.2) is 0 Å². The van der Waals surface area contributed by atoms with Gasteiger partial charge in [0.25, 0.3) is 11.6 Å². The van der Waals surface area contributed by atoms with Crippen molar-refractivity contribution in [1.82, 2.24) is 10.6 Å². The first kappa shape index (κ1) is 14.5. The summed E-state index contributed by atoms with van der Waals surface area (Å²) >= 11 is 0. The van der Waals surface area contributed by atoms with E-state index >= 15 is 0 Å². The molecule has 1 aromatic carbocycles. The zero-order chi connectivity index (χ0) is 14.7. The number of hydrogen-bond donors (Lipinski definition) is 2. The third-order valence-corrected chi connectivity index (χ3v) is 3.85. The van der Waals surface area contributed by atoms with Crippen molar-refractivity contribution < 1.29 is 9.72 Å². The molecule has 1 fully saturated rings. The van der Waals surface area contributed by atoms with Crippen molar-refractivity contribution in [2.45, 2.75) is 26.3 Å². The number of carbonyl (C=O) groups excluding carboxylic acids is 1. The van der Waals surface area contributed by atoms with E-state index in [2.05, 4.69) is 17.6 Å². The lowest BCUT2D eigenvalue weighted by Crippen LogP contribution is -2.48. The van der Waals surface area contributed by atoms with E-state index in [0.717, 1.165) is 19.5 Å². The van der Waals surface area contributed by atoms with E-state index in [4.69, 9.17) is 0 Å². The molecule has 0 aromatic heterocycles. The molecular weight excluding hydrogens is 258 g/mol. The van der Waals surface area contributed by atoms with E-state index in [1.807, 2.05) is 0 Å². The molecule has 6 heteroatoms. The molecule has 1 heterocycles. The van der Waals surface area contributed by atoms with Gasteiger partial charge in [-0.05, 0) is 38.4 Å². The molecule has 1 aliphatic rings. The van der Waals surface area contributed by atoms with Crippen molar-refractivity contribution in [3.05, 3.63) is 39.4 Å². The molecule has 1 saturated heterocycles. The van der Waals surface area contributed by atoms with Crippen LogP contribution in [-0.4, -0.2) is 30.0 Å². The normalized spacial score (nSPS) is 22.3. The van der Waals surface area contributed by atoms with Gasteiger partial charge in [0.05, 0.1) is 4.92 Å². The Kier molecular flexibility index (Phi) is 4.34. The van der Waals surface area contributed by atoms with E-state index in [9.17, 15) is 14.9 Å². The number of rotatable bonds is 3. The lowest BCUT2D eigenvalue weighted by atomic mass is 9.94. The third kappa shape index (κ3) is 2.96. The molecule has 2 N–H and O–H groups in total. The summed E-state index contributed by atoms with van der Waals surface area (Å²) in [6.45, 7) is 5.44. The Labute approximate surface area is 117 Å². The lowest BCUT2D eigenvalue weighted by Gasteiger charge is -2.30. The van der Waals surface area contributed by atoms with Gasteiger partial charge < -0.3 is 10.6 Å². The molecule has 0 aliphatic carbocycles. The average molecular weight is 277 g/mol. The first-order valence-electron chi connectivity index (χ1n) is 6.76. The number of hydrogen-bond acceptors (Lipinski definition) is 4. The molecule has 0 bridgehead atoms. The summed E-state index contributed by atoms with van der Waals surface area (Å²) in [4.78, 5) is 22.7. The quantitative estimate of drug-likeness (QED) is 0.649. The molecule has 20 heavy (non-hydrogen) atoms. The second-order valence-corrected chi connectivity index (χ2v) is 5.26. The van der Waals surface area contributed by atoms with Gasteiger partial charge in [-0.1, -0.05) is 13.0 Å². The summed E-state index contributed by atoms with van der Waals surface area (Å²) < 4.78 is 0. The average Bonchev–Trinajstić information content (AvgIpc) is 2.41. The largest absolute Gasteiger partial charge is 0.349 e. The Morgan fingerprint density at radius 3 is 2.90 bits per heavy atom. The molecule has 2 unspecified atom stereocenters. The van der Waals surface area contributed by atoms with Gasteiger partial charge in [0.2, 0.25) is 0 Å². The van der Waals surface area contributed by atoms with Gasteiger partial charge in [0.1, 0.15) is 0 Å². The Hall–Kier alpha value is -1.95. The smallest absolute Gasteiger partial charge is 0.273 e.